The van der Waals surface area contributed by atoms with E-state index in [0.29, 0.717) is 29.2 Å². The molecule has 1 amide bonds. The van der Waals surface area contributed by atoms with Gasteiger partial charge in [-0.15, -0.1) is 0 Å². The van der Waals surface area contributed by atoms with Crippen LogP contribution in [0.5, 0.6) is 5.75 Å². The predicted octanol–water partition coefficient (Wildman–Crippen LogP) is 4.30. The number of sulfonamides is 1. The molecule has 0 bridgehead atoms. The first kappa shape index (κ1) is 22.5. The zero-order chi connectivity index (χ0) is 22.4. The second kappa shape index (κ2) is 9.72. The number of hydrogen-bond donors (Lipinski definition) is 1. The summed E-state index contributed by atoms with van der Waals surface area (Å²) in [6.07, 6.45) is 0. The number of rotatable bonds is 8. The first-order valence-electron chi connectivity index (χ1n) is 9.65. The number of anilines is 1. The smallest absolute Gasteiger partial charge is 0.255 e. The van der Waals surface area contributed by atoms with E-state index in [0.717, 1.165) is 0 Å². The second-order valence-corrected chi connectivity index (χ2v) is 8.84. The van der Waals surface area contributed by atoms with Crippen LogP contribution in [0, 0.1) is 5.82 Å². The Morgan fingerprint density at radius 2 is 1.77 bits per heavy atom. The predicted molar refractivity (Wildman–Crippen MR) is 117 cm³/mol. The van der Waals surface area contributed by atoms with Crippen molar-refractivity contribution in [2.24, 2.45) is 0 Å². The van der Waals surface area contributed by atoms with Gasteiger partial charge in [-0.25, -0.2) is 12.8 Å². The van der Waals surface area contributed by atoms with E-state index in [1.54, 1.807) is 42.5 Å². The van der Waals surface area contributed by atoms with Gasteiger partial charge in [-0.05, 0) is 55.5 Å². The average Bonchev–Trinajstić information content (AvgIpc) is 2.75. The molecule has 0 heterocycles. The number of carbonyl (C=O) groups is 1. The Morgan fingerprint density at radius 1 is 1.03 bits per heavy atom. The molecule has 8 heteroatoms. The van der Waals surface area contributed by atoms with Crippen molar-refractivity contribution in [3.63, 3.8) is 0 Å². The molecule has 0 aliphatic heterocycles. The SMILES string of the molecule is CCOc1ccc(C(=O)Nc2cccc(F)c2)cc1CN(C)S(=O)(=O)c1ccccc1. The monoisotopic (exact) mass is 442 g/mol. The molecule has 3 aromatic rings. The molecule has 1 N–H and O–H groups in total. The minimum absolute atomic E-state index is 0.00759. The third kappa shape index (κ3) is 5.48. The lowest BCUT2D eigenvalue weighted by Crippen LogP contribution is -2.27. The molecule has 0 atom stereocenters. The molecule has 0 spiro atoms. The van der Waals surface area contributed by atoms with Crippen LogP contribution in [0.3, 0.4) is 0 Å². The summed E-state index contributed by atoms with van der Waals surface area (Å²) < 4.78 is 45.9. The van der Waals surface area contributed by atoms with Gasteiger partial charge in [0.2, 0.25) is 10.0 Å². The molecule has 6 nitrogen and oxygen atoms in total. The summed E-state index contributed by atoms with van der Waals surface area (Å²) >= 11 is 0. The maximum Gasteiger partial charge on any atom is 0.255 e. The van der Waals surface area contributed by atoms with Crippen molar-refractivity contribution in [3.05, 3.63) is 89.7 Å². The summed E-state index contributed by atoms with van der Waals surface area (Å²) in [5.41, 5.74) is 1.16. The van der Waals surface area contributed by atoms with Gasteiger partial charge in [0, 0.05) is 30.4 Å². The average molecular weight is 443 g/mol. The number of nitrogens with zero attached hydrogens (tertiary/aromatic N) is 1. The maximum atomic E-state index is 13.4. The molecule has 162 valence electrons. The van der Waals surface area contributed by atoms with E-state index in [1.165, 1.54) is 41.7 Å². The van der Waals surface area contributed by atoms with Gasteiger partial charge in [-0.1, -0.05) is 24.3 Å². The fraction of sp³-hybridized carbons (Fsp3) is 0.174. The van der Waals surface area contributed by atoms with Crippen LogP contribution < -0.4 is 10.1 Å². The van der Waals surface area contributed by atoms with Crippen molar-refractivity contribution in [2.75, 3.05) is 19.0 Å². The maximum absolute atomic E-state index is 13.4. The van der Waals surface area contributed by atoms with Crippen LogP contribution in [0.25, 0.3) is 0 Å². The van der Waals surface area contributed by atoms with E-state index in [-0.39, 0.29) is 11.4 Å². The molecule has 0 fully saturated rings. The molecular weight excluding hydrogens is 419 g/mol. The lowest BCUT2D eigenvalue weighted by Gasteiger charge is -2.20. The van der Waals surface area contributed by atoms with Gasteiger partial charge in [0.25, 0.3) is 5.91 Å². The Morgan fingerprint density at radius 3 is 2.45 bits per heavy atom. The minimum Gasteiger partial charge on any atom is -0.494 e. The fourth-order valence-corrected chi connectivity index (χ4v) is 4.18. The molecule has 0 aliphatic carbocycles. The Bertz CT molecular complexity index is 1170. The molecule has 0 saturated carbocycles. The highest BCUT2D eigenvalue weighted by Crippen LogP contribution is 2.25. The Balaban J connectivity index is 1.87. The van der Waals surface area contributed by atoms with Gasteiger partial charge >= 0.3 is 0 Å². The number of amides is 1. The third-order valence-electron chi connectivity index (χ3n) is 4.55. The Labute approximate surface area is 181 Å². The summed E-state index contributed by atoms with van der Waals surface area (Å²) in [4.78, 5) is 12.8. The fourth-order valence-electron chi connectivity index (χ4n) is 3.01. The number of carbonyl (C=O) groups excluding carboxylic acids is 1. The van der Waals surface area contributed by atoms with Crippen molar-refractivity contribution in [2.45, 2.75) is 18.4 Å². The molecule has 0 radical (unpaired) electrons. The van der Waals surface area contributed by atoms with Crippen molar-refractivity contribution in [1.29, 1.82) is 0 Å². The van der Waals surface area contributed by atoms with E-state index in [1.807, 2.05) is 6.92 Å². The van der Waals surface area contributed by atoms with Gasteiger partial charge in [0.1, 0.15) is 11.6 Å². The molecule has 0 aromatic heterocycles. The first-order valence-corrected chi connectivity index (χ1v) is 11.1. The number of halogens is 1. The topological polar surface area (TPSA) is 75.7 Å². The zero-order valence-corrected chi connectivity index (χ0v) is 18.0. The summed E-state index contributed by atoms with van der Waals surface area (Å²) in [6, 6.07) is 18.5. The minimum atomic E-state index is -3.72. The van der Waals surface area contributed by atoms with Gasteiger partial charge < -0.3 is 10.1 Å². The summed E-state index contributed by atoms with van der Waals surface area (Å²) in [6.45, 7) is 2.21. The highest BCUT2D eigenvalue weighted by atomic mass is 32.2. The number of hydrogen-bond acceptors (Lipinski definition) is 4. The molecule has 0 saturated heterocycles. The normalized spacial score (nSPS) is 11.4. The summed E-state index contributed by atoms with van der Waals surface area (Å²) in [7, 11) is -2.25. The van der Waals surface area contributed by atoms with Crippen molar-refractivity contribution >= 4 is 21.6 Å². The summed E-state index contributed by atoms with van der Waals surface area (Å²) in [5.74, 6) is -0.415. The molecule has 0 aliphatic rings. The van der Waals surface area contributed by atoms with Gasteiger partial charge in [0.05, 0.1) is 11.5 Å². The highest BCUT2D eigenvalue weighted by molar-refractivity contribution is 7.89. The highest BCUT2D eigenvalue weighted by Gasteiger charge is 2.22. The molecule has 0 unspecified atom stereocenters. The van der Waals surface area contributed by atoms with Crippen LogP contribution in [0.15, 0.2) is 77.7 Å². The van der Waals surface area contributed by atoms with E-state index < -0.39 is 21.7 Å². The van der Waals surface area contributed by atoms with Gasteiger partial charge in [-0.3, -0.25) is 4.79 Å². The van der Waals surface area contributed by atoms with Crippen molar-refractivity contribution in [1.82, 2.24) is 4.31 Å². The quantitative estimate of drug-likeness (QED) is 0.565. The van der Waals surface area contributed by atoms with Crippen molar-refractivity contribution < 1.29 is 22.3 Å². The molecule has 3 aromatic carbocycles. The molecular formula is C23H23FN2O4S. The Kier molecular flexibility index (Phi) is 7.04. The largest absolute Gasteiger partial charge is 0.494 e. The van der Waals surface area contributed by atoms with Crippen LogP contribution in [-0.2, 0) is 16.6 Å². The molecule has 31 heavy (non-hydrogen) atoms. The number of nitrogens with one attached hydrogen (secondary N) is 1. The van der Waals surface area contributed by atoms with Crippen LogP contribution in [-0.4, -0.2) is 32.3 Å². The zero-order valence-electron chi connectivity index (χ0n) is 17.2. The van der Waals surface area contributed by atoms with Crippen LogP contribution in [0.4, 0.5) is 10.1 Å². The van der Waals surface area contributed by atoms with Gasteiger partial charge in [0.15, 0.2) is 0 Å². The van der Waals surface area contributed by atoms with E-state index in [2.05, 4.69) is 5.32 Å². The van der Waals surface area contributed by atoms with Crippen LogP contribution >= 0.6 is 0 Å². The third-order valence-corrected chi connectivity index (χ3v) is 6.37. The lowest BCUT2D eigenvalue weighted by atomic mass is 10.1. The molecule has 3 rings (SSSR count). The number of ether oxygens (including phenoxy) is 1. The van der Waals surface area contributed by atoms with Crippen LogP contribution in [0.2, 0.25) is 0 Å². The van der Waals surface area contributed by atoms with Gasteiger partial charge in [-0.2, -0.15) is 4.31 Å². The van der Waals surface area contributed by atoms with E-state index in [9.17, 15) is 17.6 Å². The van der Waals surface area contributed by atoms with E-state index in [4.69, 9.17) is 4.74 Å². The van der Waals surface area contributed by atoms with Crippen molar-refractivity contribution in [3.8, 4) is 5.75 Å². The number of benzene rings is 3. The first-order chi connectivity index (χ1) is 14.8. The Hall–Kier alpha value is -3.23. The summed E-state index contributed by atoms with van der Waals surface area (Å²) in [5, 5.41) is 2.64. The standard InChI is InChI=1S/C23H23FN2O4S/c1-3-30-22-13-12-17(23(27)25-20-9-7-8-19(24)15-20)14-18(22)16-26(2)31(28,29)21-10-5-4-6-11-21/h4-15H,3,16H2,1-2H3,(H,25,27). The lowest BCUT2D eigenvalue weighted by molar-refractivity contribution is 0.102. The van der Waals surface area contributed by atoms with E-state index >= 15 is 0 Å². The second-order valence-electron chi connectivity index (χ2n) is 6.79. The van der Waals surface area contributed by atoms with Crippen LogP contribution in [0.1, 0.15) is 22.8 Å².